The van der Waals surface area contributed by atoms with Crippen LogP contribution in [-0.4, -0.2) is 35.7 Å². The molecule has 0 spiro atoms. The molecule has 1 atom stereocenters. The Morgan fingerprint density at radius 3 is 2.71 bits per heavy atom. The van der Waals surface area contributed by atoms with Crippen molar-refractivity contribution in [1.82, 2.24) is 10.2 Å². The van der Waals surface area contributed by atoms with Crippen molar-refractivity contribution in [2.45, 2.75) is 26.2 Å². The van der Waals surface area contributed by atoms with Gasteiger partial charge in [-0.1, -0.05) is 48.6 Å². The van der Waals surface area contributed by atoms with Crippen LogP contribution in [0.3, 0.4) is 0 Å². The summed E-state index contributed by atoms with van der Waals surface area (Å²) in [5.41, 5.74) is 3.08. The van der Waals surface area contributed by atoms with Crippen LogP contribution in [0.5, 0.6) is 5.75 Å². The fourth-order valence-electron chi connectivity index (χ4n) is 3.69. The first kappa shape index (κ1) is 21.0. The number of carbonyl (C=O) groups is 2. The van der Waals surface area contributed by atoms with Crippen molar-refractivity contribution in [3.05, 3.63) is 64.7 Å². The molecule has 2 aromatic carbocycles. The van der Waals surface area contributed by atoms with E-state index in [1.807, 2.05) is 48.5 Å². The number of carbonyl (C=O) groups excluding carboxylic acids is 2. The van der Waals surface area contributed by atoms with Crippen LogP contribution in [0.4, 0.5) is 10.8 Å². The van der Waals surface area contributed by atoms with Gasteiger partial charge in [-0.05, 0) is 35.7 Å². The van der Waals surface area contributed by atoms with Crippen LogP contribution in [0.15, 0.2) is 48.5 Å². The van der Waals surface area contributed by atoms with E-state index in [0.717, 1.165) is 34.0 Å². The summed E-state index contributed by atoms with van der Waals surface area (Å²) in [6, 6.07) is 15.6. The van der Waals surface area contributed by atoms with Crippen molar-refractivity contribution in [1.29, 1.82) is 0 Å². The number of nitrogens with one attached hydrogen (secondary N) is 1. The van der Waals surface area contributed by atoms with Gasteiger partial charge in [0, 0.05) is 25.1 Å². The van der Waals surface area contributed by atoms with Crippen molar-refractivity contribution < 1.29 is 14.3 Å². The Morgan fingerprint density at radius 1 is 1.19 bits per heavy atom. The molecule has 0 radical (unpaired) electrons. The minimum atomic E-state index is -0.411. The first-order valence-electron chi connectivity index (χ1n) is 10.2. The van der Waals surface area contributed by atoms with Gasteiger partial charge in [-0.3, -0.25) is 9.59 Å². The van der Waals surface area contributed by atoms with Gasteiger partial charge in [0.25, 0.3) is 0 Å². The number of benzene rings is 2. The monoisotopic (exact) mass is 436 g/mol. The van der Waals surface area contributed by atoms with Gasteiger partial charge >= 0.3 is 0 Å². The highest BCUT2D eigenvalue weighted by Gasteiger charge is 2.36. The van der Waals surface area contributed by atoms with E-state index < -0.39 is 5.92 Å². The molecule has 8 heteroatoms. The normalized spacial score (nSPS) is 15.9. The first-order chi connectivity index (χ1) is 15.1. The van der Waals surface area contributed by atoms with E-state index in [0.29, 0.717) is 18.1 Å². The molecule has 4 rings (SSSR count). The Labute approximate surface area is 185 Å². The van der Waals surface area contributed by atoms with E-state index in [2.05, 4.69) is 22.4 Å². The summed E-state index contributed by atoms with van der Waals surface area (Å²) >= 11 is 1.34. The number of nitrogens with zero attached hydrogens (tertiary/aromatic N) is 3. The van der Waals surface area contributed by atoms with E-state index in [1.54, 1.807) is 12.0 Å². The highest BCUT2D eigenvalue weighted by Crippen LogP contribution is 2.29. The Morgan fingerprint density at radius 2 is 1.97 bits per heavy atom. The first-order valence-corrected chi connectivity index (χ1v) is 11.0. The van der Waals surface area contributed by atoms with Crippen LogP contribution in [-0.2, 0) is 22.4 Å². The molecule has 1 unspecified atom stereocenters. The summed E-state index contributed by atoms with van der Waals surface area (Å²) in [5, 5.41) is 12.4. The topological polar surface area (TPSA) is 84.4 Å². The molecule has 2 heterocycles. The van der Waals surface area contributed by atoms with Crippen LogP contribution in [0, 0.1) is 5.92 Å². The lowest BCUT2D eigenvalue weighted by Crippen LogP contribution is -2.28. The predicted octanol–water partition coefficient (Wildman–Crippen LogP) is 3.69. The molecule has 7 nitrogen and oxygen atoms in total. The fraction of sp³-hybridized carbons (Fsp3) is 0.304. The molecule has 1 aliphatic heterocycles. The van der Waals surface area contributed by atoms with Gasteiger partial charge in [-0.2, -0.15) is 0 Å². The maximum absolute atomic E-state index is 12.8. The number of para-hydroxylation sites is 1. The third-order valence-electron chi connectivity index (χ3n) is 5.37. The molecule has 1 fully saturated rings. The second-order valence-corrected chi connectivity index (χ2v) is 8.46. The zero-order valence-corrected chi connectivity index (χ0v) is 18.3. The Hall–Kier alpha value is -3.26. The maximum Gasteiger partial charge on any atom is 0.231 e. The highest BCUT2D eigenvalue weighted by atomic mass is 32.1. The molecule has 0 saturated carbocycles. The smallest absolute Gasteiger partial charge is 0.231 e. The molecular formula is C23H24N4O3S. The number of hydrogen-bond acceptors (Lipinski definition) is 6. The predicted molar refractivity (Wildman–Crippen MR) is 121 cm³/mol. The van der Waals surface area contributed by atoms with Gasteiger partial charge in [0.2, 0.25) is 16.9 Å². The molecule has 31 heavy (non-hydrogen) atoms. The van der Waals surface area contributed by atoms with Gasteiger partial charge in [-0.15, -0.1) is 10.2 Å². The lowest BCUT2D eigenvalue weighted by atomic mass is 10.1. The molecule has 160 valence electrons. The number of anilines is 2. The van der Waals surface area contributed by atoms with Crippen LogP contribution in [0.1, 0.15) is 29.5 Å². The van der Waals surface area contributed by atoms with Crippen molar-refractivity contribution in [3.8, 4) is 5.75 Å². The van der Waals surface area contributed by atoms with Crippen molar-refractivity contribution in [2.24, 2.45) is 5.92 Å². The molecule has 1 aliphatic rings. The van der Waals surface area contributed by atoms with Gasteiger partial charge in [-0.25, -0.2) is 0 Å². The van der Waals surface area contributed by atoms with E-state index in [1.165, 1.54) is 11.3 Å². The minimum Gasteiger partial charge on any atom is -0.497 e. The SMILES string of the molecule is CCc1ccccc1N1CC(C(=O)Nc2nnc(Cc3ccc(OC)cc3)s2)CC1=O. The second kappa shape index (κ2) is 9.26. The Balaban J connectivity index is 1.38. The summed E-state index contributed by atoms with van der Waals surface area (Å²) < 4.78 is 5.17. The van der Waals surface area contributed by atoms with E-state index in [9.17, 15) is 9.59 Å². The number of aromatic nitrogens is 2. The molecule has 0 bridgehead atoms. The van der Waals surface area contributed by atoms with Crippen LogP contribution < -0.4 is 15.0 Å². The fourth-order valence-corrected chi connectivity index (χ4v) is 4.47. The van der Waals surface area contributed by atoms with E-state index >= 15 is 0 Å². The minimum absolute atomic E-state index is 0.0292. The zero-order chi connectivity index (χ0) is 21.8. The third-order valence-corrected chi connectivity index (χ3v) is 6.21. The molecular weight excluding hydrogens is 412 g/mol. The van der Waals surface area contributed by atoms with Crippen LogP contribution in [0.2, 0.25) is 0 Å². The zero-order valence-electron chi connectivity index (χ0n) is 17.5. The van der Waals surface area contributed by atoms with Crippen molar-refractivity contribution in [3.63, 3.8) is 0 Å². The van der Waals surface area contributed by atoms with Gasteiger partial charge in [0.15, 0.2) is 0 Å². The Bertz CT molecular complexity index is 1080. The van der Waals surface area contributed by atoms with Crippen LogP contribution in [0.25, 0.3) is 0 Å². The highest BCUT2D eigenvalue weighted by molar-refractivity contribution is 7.15. The number of ether oxygens (including phenoxy) is 1. The quantitative estimate of drug-likeness (QED) is 0.611. The number of hydrogen-bond donors (Lipinski definition) is 1. The molecule has 3 aromatic rings. The molecule has 0 aliphatic carbocycles. The second-order valence-electron chi connectivity index (χ2n) is 7.40. The maximum atomic E-state index is 12.8. The summed E-state index contributed by atoms with van der Waals surface area (Å²) in [7, 11) is 1.63. The number of rotatable bonds is 7. The lowest BCUT2D eigenvalue weighted by molar-refractivity contribution is -0.122. The van der Waals surface area contributed by atoms with E-state index in [-0.39, 0.29) is 18.2 Å². The van der Waals surface area contributed by atoms with Crippen LogP contribution >= 0.6 is 11.3 Å². The van der Waals surface area contributed by atoms with E-state index in [4.69, 9.17) is 4.74 Å². The summed E-state index contributed by atoms with van der Waals surface area (Å²) in [5.74, 6) is 0.164. The molecule has 1 saturated heterocycles. The van der Waals surface area contributed by atoms with Crippen molar-refractivity contribution in [2.75, 3.05) is 23.9 Å². The van der Waals surface area contributed by atoms with Crippen molar-refractivity contribution >= 4 is 34.0 Å². The van der Waals surface area contributed by atoms with Gasteiger partial charge < -0.3 is 15.0 Å². The largest absolute Gasteiger partial charge is 0.497 e. The van der Waals surface area contributed by atoms with Gasteiger partial charge in [0.05, 0.1) is 13.0 Å². The average molecular weight is 437 g/mol. The number of amides is 2. The summed E-state index contributed by atoms with van der Waals surface area (Å²) in [6.07, 6.45) is 1.65. The lowest BCUT2D eigenvalue weighted by Gasteiger charge is -2.19. The summed E-state index contributed by atoms with van der Waals surface area (Å²) in [4.78, 5) is 27.1. The molecule has 1 aromatic heterocycles. The Kier molecular flexibility index (Phi) is 6.27. The molecule has 1 N–H and O–H groups in total. The summed E-state index contributed by atoms with van der Waals surface area (Å²) in [6.45, 7) is 2.43. The average Bonchev–Trinajstić information content (AvgIpc) is 3.40. The van der Waals surface area contributed by atoms with Gasteiger partial charge in [0.1, 0.15) is 10.8 Å². The number of methoxy groups -OCH3 is 1. The standard InChI is InChI=1S/C23H24N4O3S/c1-3-16-6-4-5-7-19(16)27-14-17(13-21(27)28)22(29)24-23-26-25-20(31-23)12-15-8-10-18(30-2)11-9-15/h4-11,17H,3,12-14H2,1-2H3,(H,24,26,29). The number of aryl methyl sites for hydroxylation is 1. The molecule has 2 amide bonds. The third kappa shape index (κ3) is 4.74.